The third-order valence-electron chi connectivity index (χ3n) is 16.4. The monoisotopic (exact) mass is 1140 g/mol. The number of hydrogen-bond donors (Lipinski definition) is 8. The highest BCUT2D eigenvalue weighted by Crippen LogP contribution is 2.39. The van der Waals surface area contributed by atoms with Gasteiger partial charge in [0.2, 0.25) is 0 Å². The Morgan fingerprint density at radius 2 is 0.987 bits per heavy atom. The first-order chi connectivity index (χ1) is 37.5. The lowest BCUT2D eigenvalue weighted by atomic mass is 9.95. The Kier molecular flexibility index (Phi) is 25.4. The smallest absolute Gasteiger partial charge is 0.309 e. The Labute approximate surface area is 464 Å². The van der Waals surface area contributed by atoms with Crippen molar-refractivity contribution in [2.24, 2.45) is 11.8 Å². The van der Waals surface area contributed by atoms with Crippen molar-refractivity contribution in [3.8, 4) is 0 Å². The molecule has 458 valence electrons. The van der Waals surface area contributed by atoms with Gasteiger partial charge in [0.25, 0.3) is 0 Å². The Hall–Kier alpha value is -2.31. The van der Waals surface area contributed by atoms with Crippen LogP contribution in [-0.2, 0) is 76.0 Å². The molecule has 79 heavy (non-hydrogen) atoms. The van der Waals surface area contributed by atoms with E-state index in [1.54, 1.807) is 34.6 Å². The van der Waals surface area contributed by atoms with Gasteiger partial charge in [-0.2, -0.15) is 0 Å². The predicted octanol–water partition coefficient (Wildman–Crippen LogP) is 2.07. The van der Waals surface area contributed by atoms with E-state index < -0.39 is 183 Å². The number of ether oxygens (including phenoxy) is 13. The molecule has 0 aromatic carbocycles. The van der Waals surface area contributed by atoms with Crippen LogP contribution in [0.15, 0.2) is 0 Å². The third kappa shape index (κ3) is 16.5. The van der Waals surface area contributed by atoms with E-state index in [0.717, 1.165) is 51.4 Å². The summed E-state index contributed by atoms with van der Waals surface area (Å²) in [6.45, 7) is 16.5. The molecule has 0 aromatic heterocycles. The fourth-order valence-electron chi connectivity index (χ4n) is 10.7. The average molecular weight is 1140 g/mol. The van der Waals surface area contributed by atoms with Crippen molar-refractivity contribution in [1.82, 2.24) is 0 Å². The van der Waals surface area contributed by atoms with E-state index in [-0.39, 0.29) is 12.5 Å². The molecule has 0 radical (unpaired) electrons. The van der Waals surface area contributed by atoms with Gasteiger partial charge >= 0.3 is 17.9 Å². The molecule has 24 nitrogen and oxygen atoms in total. The Balaban J connectivity index is 1.36. The first-order valence-corrected chi connectivity index (χ1v) is 29.1. The average Bonchev–Trinajstić information content (AvgIpc) is 3.51. The maximum absolute atomic E-state index is 14.1. The number of aliphatic hydroxyl groups excluding tert-OH is 8. The quantitative estimate of drug-likeness (QED) is 0.0623. The fraction of sp³-hybridized carbons (Fsp3) is 0.945. The maximum Gasteiger partial charge on any atom is 0.309 e. The zero-order valence-corrected chi connectivity index (χ0v) is 47.7. The van der Waals surface area contributed by atoms with E-state index in [4.69, 9.17) is 61.6 Å². The Bertz CT molecular complexity index is 1870. The van der Waals surface area contributed by atoms with Gasteiger partial charge in [0.15, 0.2) is 49.8 Å². The summed E-state index contributed by atoms with van der Waals surface area (Å²) in [5.74, 6) is -3.38. The molecule has 0 unspecified atom stereocenters. The largest absolute Gasteiger partial charge is 0.457 e. The van der Waals surface area contributed by atoms with Crippen LogP contribution < -0.4 is 0 Å². The van der Waals surface area contributed by atoms with Gasteiger partial charge in [0, 0.05) is 6.42 Å². The highest BCUT2D eigenvalue weighted by Gasteiger charge is 2.59. The van der Waals surface area contributed by atoms with Crippen LogP contribution in [-0.4, -0.2) is 218 Å². The normalized spacial score (nSPS) is 44.9. The zero-order valence-electron chi connectivity index (χ0n) is 47.7. The summed E-state index contributed by atoms with van der Waals surface area (Å²) in [6.07, 6.45) is -28.5. The Morgan fingerprint density at radius 3 is 1.63 bits per heavy atom. The number of unbranched alkanes of at least 4 members (excludes halogenated alkanes) is 2. The topological polar surface area (TPSA) is 333 Å². The van der Waals surface area contributed by atoms with Crippen LogP contribution in [0.4, 0.5) is 0 Å². The van der Waals surface area contributed by atoms with Gasteiger partial charge in [-0.3, -0.25) is 14.4 Å². The van der Waals surface area contributed by atoms with Gasteiger partial charge in [-0.05, 0) is 66.7 Å². The molecular formula is C55H94O24. The SMILES string of the molecule is CCCCC[C@H]1CCCCCCCCC(=O)O[C@H]2[C@@H](O)[C@H](O[C@H]3[C@H](O1)O[C@H](C)[C@H](O)[C@@H]3O)O[C@@H](C)[C@@H]2O[C@@H]1O[C@@H](C)[C@H](O[C@@H]2O[C@@H](C)[C@H](OC(=O)[C@@H](C)CC)[C@@H](O)[C@H]2O)[C@@H](O[C@H]2O[C@@H](C)[C@H](O)[C@@H](O)[C@H]2O)[C@H]1OC(=O)[C@H](C)CC. The zero-order chi connectivity index (χ0) is 58.0. The summed E-state index contributed by atoms with van der Waals surface area (Å²) in [7, 11) is 0. The van der Waals surface area contributed by atoms with E-state index in [0.29, 0.717) is 32.1 Å². The number of carbonyl (C=O) groups excluding carboxylic acids is 3. The van der Waals surface area contributed by atoms with Crippen molar-refractivity contribution in [3.63, 3.8) is 0 Å². The number of aliphatic hydroxyl groups is 8. The van der Waals surface area contributed by atoms with Crippen molar-refractivity contribution in [2.45, 2.75) is 319 Å². The molecule has 6 rings (SSSR count). The van der Waals surface area contributed by atoms with Crippen LogP contribution in [0, 0.1) is 11.8 Å². The molecule has 8 N–H and O–H groups in total. The van der Waals surface area contributed by atoms with E-state index in [1.807, 2.05) is 0 Å². The molecule has 0 amide bonds. The van der Waals surface area contributed by atoms with Crippen molar-refractivity contribution >= 4 is 17.9 Å². The van der Waals surface area contributed by atoms with E-state index in [9.17, 15) is 55.2 Å². The van der Waals surface area contributed by atoms with Crippen LogP contribution in [0.3, 0.4) is 0 Å². The highest BCUT2D eigenvalue weighted by molar-refractivity contribution is 5.72. The van der Waals surface area contributed by atoms with Gasteiger partial charge in [-0.25, -0.2) is 0 Å². The van der Waals surface area contributed by atoms with Crippen molar-refractivity contribution in [2.75, 3.05) is 0 Å². The summed E-state index contributed by atoms with van der Waals surface area (Å²) < 4.78 is 81.5. The fourth-order valence-corrected chi connectivity index (χ4v) is 10.7. The highest BCUT2D eigenvalue weighted by atomic mass is 16.8. The number of fused-ring (bicyclic) bond motifs is 3. The van der Waals surface area contributed by atoms with Crippen LogP contribution in [0.1, 0.15) is 159 Å². The molecule has 6 saturated heterocycles. The number of esters is 3. The van der Waals surface area contributed by atoms with Gasteiger partial charge < -0.3 is 102 Å². The summed E-state index contributed by atoms with van der Waals surface area (Å²) in [5, 5.41) is 91.0. The molecular weight excluding hydrogens is 1040 g/mol. The minimum atomic E-state index is -1.91. The van der Waals surface area contributed by atoms with E-state index in [1.165, 1.54) is 27.7 Å². The standard InChI is InChI=1S/C55H94O24/c1-11-14-19-22-32-23-20-17-15-16-18-21-24-33(56)73-45-41(64)53(78-46-37(60)35(58)28(7)68-54(46)72-32)70-30(9)43(45)77-55-48(75-50(66)26(5)13-3)47(79-51-39(62)36(59)34(57)27(6)67-51)44(31(10)71-55)76-52-40(63)38(61)42(29(8)69-52)74-49(65)25(4)12-2/h25-32,34-48,51-55,57-64H,11-24H2,1-10H3/t25-,26+,27-,28+,29-,30-,31-,32-,34-,35-,36+,37-,38-,39+,40+,41+,42-,43-,44-,45-,46+,47+,48+,51+,52-,53-,54-,55-/m0/s1. The van der Waals surface area contributed by atoms with E-state index in [2.05, 4.69) is 6.92 Å². The second-order valence-corrected chi connectivity index (χ2v) is 22.7. The molecule has 6 aliphatic heterocycles. The number of rotatable bonds is 16. The second kappa shape index (κ2) is 30.5. The number of hydrogen-bond acceptors (Lipinski definition) is 24. The van der Waals surface area contributed by atoms with Crippen molar-refractivity contribution in [1.29, 1.82) is 0 Å². The van der Waals surface area contributed by atoms with Gasteiger partial charge in [-0.15, -0.1) is 0 Å². The minimum absolute atomic E-state index is 0.0292. The van der Waals surface area contributed by atoms with E-state index >= 15 is 0 Å². The molecule has 28 atom stereocenters. The molecule has 0 aliphatic carbocycles. The molecule has 0 saturated carbocycles. The second-order valence-electron chi connectivity index (χ2n) is 22.7. The van der Waals surface area contributed by atoms with Gasteiger partial charge in [-0.1, -0.05) is 86.0 Å². The summed E-state index contributed by atoms with van der Waals surface area (Å²) in [4.78, 5) is 40.8. The first-order valence-electron chi connectivity index (χ1n) is 29.1. The van der Waals surface area contributed by atoms with Gasteiger partial charge in [0.05, 0.1) is 48.5 Å². The van der Waals surface area contributed by atoms with Gasteiger partial charge in [0.1, 0.15) is 73.2 Å². The summed E-state index contributed by atoms with van der Waals surface area (Å²) in [5.41, 5.74) is 0. The molecule has 0 aromatic rings. The molecule has 6 aliphatic rings. The summed E-state index contributed by atoms with van der Waals surface area (Å²) in [6, 6.07) is 0. The minimum Gasteiger partial charge on any atom is -0.457 e. The van der Waals surface area contributed by atoms with Crippen LogP contribution in [0.25, 0.3) is 0 Å². The maximum atomic E-state index is 14.1. The molecule has 2 bridgehead atoms. The lowest BCUT2D eigenvalue weighted by Crippen LogP contribution is -2.68. The molecule has 24 heteroatoms. The van der Waals surface area contributed by atoms with Crippen LogP contribution in [0.2, 0.25) is 0 Å². The van der Waals surface area contributed by atoms with Crippen molar-refractivity contribution < 1.29 is 117 Å². The number of carbonyl (C=O) groups is 3. The lowest BCUT2D eigenvalue weighted by Gasteiger charge is -2.51. The Morgan fingerprint density at radius 1 is 0.481 bits per heavy atom. The third-order valence-corrected chi connectivity index (χ3v) is 16.4. The molecule has 6 fully saturated rings. The van der Waals surface area contributed by atoms with Crippen molar-refractivity contribution in [3.05, 3.63) is 0 Å². The predicted molar refractivity (Wildman–Crippen MR) is 274 cm³/mol. The van der Waals surface area contributed by atoms with Crippen LogP contribution in [0.5, 0.6) is 0 Å². The first kappa shape index (κ1) is 65.8. The molecule has 0 spiro atoms. The van der Waals surface area contributed by atoms with Crippen LogP contribution >= 0.6 is 0 Å². The summed E-state index contributed by atoms with van der Waals surface area (Å²) >= 11 is 0. The molecule has 6 heterocycles. The lowest BCUT2D eigenvalue weighted by molar-refractivity contribution is -0.399.